The second-order valence-electron chi connectivity index (χ2n) is 6.32. The van der Waals surface area contributed by atoms with Crippen LogP contribution in [0.1, 0.15) is 10.6 Å². The van der Waals surface area contributed by atoms with E-state index in [0.29, 0.717) is 38.7 Å². The number of likely N-dealkylation sites (tertiary alicyclic amines) is 2. The molecule has 1 N–H and O–H groups in total. The summed E-state index contributed by atoms with van der Waals surface area (Å²) in [5.41, 5.74) is 1.29. The first-order valence-corrected chi connectivity index (χ1v) is 8.09. The Hall–Kier alpha value is -1.30. The minimum absolute atomic E-state index is 0.0551. The molecular formula is C15H16Cl2N4O. The van der Waals surface area contributed by atoms with Gasteiger partial charge in [-0.15, -0.1) is 0 Å². The van der Waals surface area contributed by atoms with Gasteiger partial charge in [0.15, 0.2) is 5.82 Å². The summed E-state index contributed by atoms with van der Waals surface area (Å²) >= 11 is 12.1. The van der Waals surface area contributed by atoms with Crippen LogP contribution in [0.3, 0.4) is 0 Å². The fourth-order valence-corrected chi connectivity index (χ4v) is 4.22. The Labute approximate surface area is 138 Å². The first-order valence-electron chi connectivity index (χ1n) is 7.34. The summed E-state index contributed by atoms with van der Waals surface area (Å²) in [6, 6.07) is 3.37. The second kappa shape index (κ2) is 5.11. The van der Waals surface area contributed by atoms with E-state index in [4.69, 9.17) is 23.2 Å². The number of aromatic nitrogens is 2. The van der Waals surface area contributed by atoms with E-state index in [9.17, 15) is 4.79 Å². The zero-order chi connectivity index (χ0) is 15.4. The molecule has 2 fully saturated rings. The van der Waals surface area contributed by atoms with Crippen molar-refractivity contribution in [1.82, 2.24) is 19.8 Å². The molecule has 0 bridgehead atoms. The molecule has 2 saturated heterocycles. The summed E-state index contributed by atoms with van der Waals surface area (Å²) in [4.78, 5) is 24.3. The van der Waals surface area contributed by atoms with Crippen molar-refractivity contribution in [3.05, 3.63) is 28.0 Å². The van der Waals surface area contributed by atoms with Crippen LogP contribution in [0.15, 0.2) is 12.1 Å². The highest BCUT2D eigenvalue weighted by Crippen LogP contribution is 2.31. The average molecular weight is 339 g/mol. The molecule has 1 amide bonds. The van der Waals surface area contributed by atoms with E-state index in [1.807, 2.05) is 4.90 Å². The number of halogens is 2. The normalized spacial score (nSPS) is 25.1. The minimum Gasteiger partial charge on any atom is -0.335 e. The topological polar surface area (TPSA) is 52.2 Å². The third-order valence-corrected chi connectivity index (χ3v) is 5.17. The van der Waals surface area contributed by atoms with Crippen molar-refractivity contribution in [2.24, 2.45) is 11.8 Å². The number of amides is 1. The Bertz CT molecular complexity index is 745. The number of H-pyrrole nitrogens is 1. The Morgan fingerprint density at radius 1 is 1.23 bits per heavy atom. The highest BCUT2D eigenvalue weighted by molar-refractivity contribution is 6.38. The number of nitrogens with one attached hydrogen (secondary N) is 1. The van der Waals surface area contributed by atoms with E-state index in [0.717, 1.165) is 26.2 Å². The molecule has 0 saturated carbocycles. The Morgan fingerprint density at radius 2 is 1.91 bits per heavy atom. The molecule has 22 heavy (non-hydrogen) atoms. The van der Waals surface area contributed by atoms with Crippen LogP contribution in [-0.2, 0) is 0 Å². The van der Waals surface area contributed by atoms with Crippen molar-refractivity contribution in [2.75, 3.05) is 33.2 Å². The van der Waals surface area contributed by atoms with Crippen molar-refractivity contribution in [3.8, 4) is 0 Å². The average Bonchev–Trinajstić information content (AvgIpc) is 3.09. The van der Waals surface area contributed by atoms with Crippen molar-refractivity contribution in [2.45, 2.75) is 0 Å². The van der Waals surface area contributed by atoms with Gasteiger partial charge in [0.1, 0.15) is 5.52 Å². The number of nitrogens with zero attached hydrogens (tertiary/aromatic N) is 3. The maximum absolute atomic E-state index is 12.7. The van der Waals surface area contributed by atoms with E-state index in [-0.39, 0.29) is 5.91 Å². The number of imidazole rings is 1. The third-order valence-electron chi connectivity index (χ3n) is 4.66. The molecule has 5 nitrogen and oxygen atoms in total. The molecule has 1 aromatic carbocycles. The van der Waals surface area contributed by atoms with Gasteiger partial charge >= 0.3 is 0 Å². The highest BCUT2D eigenvalue weighted by atomic mass is 35.5. The van der Waals surface area contributed by atoms with Gasteiger partial charge < -0.3 is 14.8 Å². The monoisotopic (exact) mass is 338 g/mol. The lowest BCUT2D eigenvalue weighted by molar-refractivity contribution is 0.0765. The Kier molecular flexibility index (Phi) is 3.33. The van der Waals surface area contributed by atoms with Crippen LogP contribution in [0.5, 0.6) is 0 Å². The number of fused-ring (bicyclic) bond motifs is 2. The molecule has 3 heterocycles. The number of hydrogen-bond acceptors (Lipinski definition) is 3. The lowest BCUT2D eigenvalue weighted by Gasteiger charge is -2.18. The van der Waals surface area contributed by atoms with Crippen LogP contribution < -0.4 is 0 Å². The van der Waals surface area contributed by atoms with Gasteiger partial charge in [-0.2, -0.15) is 0 Å². The van der Waals surface area contributed by atoms with Gasteiger partial charge in [0.2, 0.25) is 0 Å². The van der Waals surface area contributed by atoms with Gasteiger partial charge in [0, 0.05) is 31.2 Å². The van der Waals surface area contributed by atoms with Gasteiger partial charge in [-0.3, -0.25) is 4.79 Å². The van der Waals surface area contributed by atoms with Crippen LogP contribution in [0, 0.1) is 11.8 Å². The van der Waals surface area contributed by atoms with Crippen molar-refractivity contribution < 1.29 is 4.79 Å². The smallest absolute Gasteiger partial charge is 0.289 e. The van der Waals surface area contributed by atoms with E-state index >= 15 is 0 Å². The third kappa shape index (κ3) is 2.28. The molecule has 116 valence electrons. The van der Waals surface area contributed by atoms with Gasteiger partial charge in [-0.05, 0) is 31.0 Å². The summed E-state index contributed by atoms with van der Waals surface area (Å²) in [6.45, 7) is 3.74. The first-order chi connectivity index (χ1) is 10.5. The van der Waals surface area contributed by atoms with E-state index in [1.54, 1.807) is 12.1 Å². The quantitative estimate of drug-likeness (QED) is 0.869. The maximum Gasteiger partial charge on any atom is 0.289 e. The number of carbonyl (C=O) groups is 1. The van der Waals surface area contributed by atoms with Crippen LogP contribution in [0.25, 0.3) is 11.0 Å². The number of hydrogen-bond donors (Lipinski definition) is 1. The largest absolute Gasteiger partial charge is 0.335 e. The molecule has 2 atom stereocenters. The molecule has 1 aromatic heterocycles. The zero-order valence-electron chi connectivity index (χ0n) is 12.1. The fourth-order valence-electron chi connectivity index (χ4n) is 3.69. The van der Waals surface area contributed by atoms with Crippen LogP contribution in [-0.4, -0.2) is 58.9 Å². The van der Waals surface area contributed by atoms with E-state index in [1.165, 1.54) is 0 Å². The minimum atomic E-state index is -0.0551. The fraction of sp³-hybridized carbons (Fsp3) is 0.467. The lowest BCUT2D eigenvalue weighted by atomic mass is 10.0. The van der Waals surface area contributed by atoms with E-state index in [2.05, 4.69) is 21.9 Å². The number of aromatic amines is 1. The summed E-state index contributed by atoms with van der Waals surface area (Å²) in [6.07, 6.45) is 0. The molecule has 4 rings (SSSR count). The van der Waals surface area contributed by atoms with Crippen molar-refractivity contribution in [3.63, 3.8) is 0 Å². The van der Waals surface area contributed by atoms with Gasteiger partial charge in [0.05, 0.1) is 10.5 Å². The number of benzene rings is 1. The maximum atomic E-state index is 12.7. The second-order valence-corrected chi connectivity index (χ2v) is 7.16. The van der Waals surface area contributed by atoms with Gasteiger partial charge in [-0.25, -0.2) is 4.98 Å². The molecule has 0 spiro atoms. The Balaban J connectivity index is 1.60. The molecule has 2 aromatic rings. The van der Waals surface area contributed by atoms with Gasteiger partial charge in [-0.1, -0.05) is 23.2 Å². The molecule has 1 unspecified atom stereocenters. The predicted molar refractivity (Wildman–Crippen MR) is 86.5 cm³/mol. The molecular weight excluding hydrogens is 323 g/mol. The Morgan fingerprint density at radius 3 is 2.59 bits per heavy atom. The van der Waals surface area contributed by atoms with Crippen LogP contribution in [0.4, 0.5) is 0 Å². The first kappa shape index (κ1) is 14.3. The van der Waals surface area contributed by atoms with Crippen molar-refractivity contribution in [1.29, 1.82) is 0 Å². The molecule has 0 radical (unpaired) electrons. The summed E-state index contributed by atoms with van der Waals surface area (Å²) in [5, 5.41) is 0.983. The summed E-state index contributed by atoms with van der Waals surface area (Å²) in [7, 11) is 2.13. The molecule has 2 aliphatic heterocycles. The lowest BCUT2D eigenvalue weighted by Crippen LogP contribution is -2.32. The molecule has 0 aliphatic carbocycles. The molecule has 7 heteroatoms. The van der Waals surface area contributed by atoms with Crippen LogP contribution in [0.2, 0.25) is 10.0 Å². The summed E-state index contributed by atoms with van der Waals surface area (Å²) < 4.78 is 0. The number of rotatable bonds is 1. The predicted octanol–water partition coefficient (Wildman–Crippen LogP) is 2.50. The number of carbonyl (C=O) groups excluding carboxylic acids is 1. The summed E-state index contributed by atoms with van der Waals surface area (Å²) in [5.74, 6) is 1.45. The van der Waals surface area contributed by atoms with Crippen LogP contribution >= 0.6 is 23.2 Å². The zero-order valence-corrected chi connectivity index (χ0v) is 13.7. The molecule has 2 aliphatic rings. The van der Waals surface area contributed by atoms with Crippen molar-refractivity contribution >= 4 is 40.1 Å². The SMILES string of the molecule is CN1CC2CN(C(=O)c3nc4c(Cl)cc(Cl)cc4[nH]3)C[C@H]2C1. The standard InChI is InChI=1S/C15H16Cl2N4O/c1-20-4-8-6-21(7-9(8)5-20)15(22)14-18-12-3-10(16)2-11(17)13(12)19-14/h2-3,8-9H,4-7H2,1H3,(H,18,19)/t8-,9?/m1/s1. The van der Waals surface area contributed by atoms with E-state index < -0.39 is 0 Å². The van der Waals surface area contributed by atoms with Gasteiger partial charge in [0.25, 0.3) is 5.91 Å². The highest BCUT2D eigenvalue weighted by Gasteiger charge is 2.41.